The van der Waals surface area contributed by atoms with Crippen molar-refractivity contribution in [3.8, 4) is 0 Å². The van der Waals surface area contributed by atoms with Gasteiger partial charge in [-0.1, -0.05) is 0 Å². The van der Waals surface area contributed by atoms with E-state index in [1.807, 2.05) is 13.8 Å². The van der Waals surface area contributed by atoms with Crippen LogP contribution in [0.3, 0.4) is 0 Å². The Balaban J connectivity index is 2.23. The van der Waals surface area contributed by atoms with Crippen molar-refractivity contribution in [2.75, 3.05) is 20.3 Å². The molecule has 4 nitrogen and oxygen atoms in total. The van der Waals surface area contributed by atoms with Crippen molar-refractivity contribution in [2.45, 2.75) is 26.8 Å². The molecular formula is C13H19N3OS2. The van der Waals surface area contributed by atoms with Gasteiger partial charge in [-0.2, -0.15) is 0 Å². The second-order valence-corrected chi connectivity index (χ2v) is 6.66. The van der Waals surface area contributed by atoms with E-state index in [9.17, 15) is 0 Å². The van der Waals surface area contributed by atoms with Crippen LogP contribution < -0.4 is 5.32 Å². The first-order valence-electron chi connectivity index (χ1n) is 6.20. The Labute approximate surface area is 121 Å². The van der Waals surface area contributed by atoms with Crippen molar-refractivity contribution >= 4 is 22.7 Å². The Morgan fingerprint density at radius 2 is 2.11 bits per heavy atom. The maximum absolute atomic E-state index is 5.10. The van der Waals surface area contributed by atoms with E-state index in [0.29, 0.717) is 6.61 Å². The minimum atomic E-state index is 0.0671. The van der Waals surface area contributed by atoms with Gasteiger partial charge in [-0.25, -0.2) is 9.97 Å². The van der Waals surface area contributed by atoms with E-state index in [4.69, 9.17) is 4.74 Å². The fraction of sp³-hybridized carbons (Fsp3) is 0.538. The summed E-state index contributed by atoms with van der Waals surface area (Å²) in [6.45, 7) is 7.65. The van der Waals surface area contributed by atoms with Crippen LogP contribution in [-0.2, 0) is 4.74 Å². The average Bonchev–Trinajstić information content (AvgIpc) is 2.93. The van der Waals surface area contributed by atoms with Crippen molar-refractivity contribution in [3.63, 3.8) is 0 Å². The molecular weight excluding hydrogens is 278 g/mol. The van der Waals surface area contributed by atoms with Crippen LogP contribution in [0.1, 0.15) is 32.3 Å². The first kappa shape index (κ1) is 14.6. The van der Waals surface area contributed by atoms with Gasteiger partial charge in [0.1, 0.15) is 11.0 Å². The third-order valence-electron chi connectivity index (χ3n) is 2.88. The lowest BCUT2D eigenvalue weighted by molar-refractivity contribution is 0.197. The van der Waals surface area contributed by atoms with Gasteiger partial charge in [-0.15, -0.1) is 22.7 Å². The fourth-order valence-electron chi connectivity index (χ4n) is 1.76. The van der Waals surface area contributed by atoms with Crippen molar-refractivity contribution in [1.82, 2.24) is 15.3 Å². The highest BCUT2D eigenvalue weighted by Gasteiger charge is 2.20. The molecule has 6 heteroatoms. The molecule has 0 amide bonds. The number of hydrogen-bond donors (Lipinski definition) is 1. The standard InChI is InChI=1S/C13H19N3OS2/c1-8-9(2)19-13(15-8)12(14-5-6-17-4)11-7-18-10(3)16-11/h7,12,14H,5-6H2,1-4H3. The third kappa shape index (κ3) is 3.60. The SMILES string of the molecule is COCCNC(c1csc(C)n1)c1nc(C)c(C)s1. The molecule has 104 valence electrons. The summed E-state index contributed by atoms with van der Waals surface area (Å²) in [5.74, 6) is 0. The van der Waals surface area contributed by atoms with E-state index in [-0.39, 0.29) is 6.04 Å². The maximum Gasteiger partial charge on any atom is 0.116 e. The van der Waals surface area contributed by atoms with Crippen LogP contribution in [0.5, 0.6) is 0 Å². The zero-order valence-corrected chi connectivity index (χ0v) is 13.3. The number of rotatable bonds is 6. The summed E-state index contributed by atoms with van der Waals surface area (Å²) in [6.07, 6.45) is 0. The van der Waals surface area contributed by atoms with E-state index >= 15 is 0 Å². The minimum absolute atomic E-state index is 0.0671. The van der Waals surface area contributed by atoms with Crippen LogP contribution in [0.2, 0.25) is 0 Å². The number of aryl methyl sites for hydroxylation is 3. The molecule has 1 unspecified atom stereocenters. The van der Waals surface area contributed by atoms with Crippen molar-refractivity contribution in [1.29, 1.82) is 0 Å². The van der Waals surface area contributed by atoms with Gasteiger partial charge in [0.25, 0.3) is 0 Å². The molecule has 0 saturated heterocycles. The number of ether oxygens (including phenoxy) is 1. The summed E-state index contributed by atoms with van der Waals surface area (Å²) in [4.78, 5) is 10.5. The molecule has 19 heavy (non-hydrogen) atoms. The molecule has 1 atom stereocenters. The number of methoxy groups -OCH3 is 1. The molecule has 0 aliphatic carbocycles. The molecule has 1 N–H and O–H groups in total. The summed E-state index contributed by atoms with van der Waals surface area (Å²) < 4.78 is 5.10. The largest absolute Gasteiger partial charge is 0.383 e. The smallest absolute Gasteiger partial charge is 0.116 e. The highest BCUT2D eigenvalue weighted by molar-refractivity contribution is 7.11. The highest BCUT2D eigenvalue weighted by Crippen LogP contribution is 2.28. The molecule has 2 aromatic rings. The Morgan fingerprint density at radius 1 is 1.32 bits per heavy atom. The predicted molar refractivity (Wildman–Crippen MR) is 80.2 cm³/mol. The molecule has 0 radical (unpaired) electrons. The molecule has 0 saturated carbocycles. The second kappa shape index (κ2) is 6.56. The monoisotopic (exact) mass is 297 g/mol. The van der Waals surface area contributed by atoms with Gasteiger partial charge in [0.2, 0.25) is 0 Å². The summed E-state index contributed by atoms with van der Waals surface area (Å²) >= 11 is 3.41. The Morgan fingerprint density at radius 3 is 2.63 bits per heavy atom. The zero-order chi connectivity index (χ0) is 13.8. The Hall–Kier alpha value is -0.820. The maximum atomic E-state index is 5.10. The second-order valence-electron chi connectivity index (χ2n) is 4.37. The zero-order valence-electron chi connectivity index (χ0n) is 11.7. The van der Waals surface area contributed by atoms with Gasteiger partial charge in [-0.3, -0.25) is 0 Å². The molecule has 2 aromatic heterocycles. The predicted octanol–water partition coefficient (Wildman–Crippen LogP) is 2.85. The molecule has 0 aliphatic heterocycles. The molecule has 0 bridgehead atoms. The first-order valence-corrected chi connectivity index (χ1v) is 7.89. The highest BCUT2D eigenvalue weighted by atomic mass is 32.1. The first-order chi connectivity index (χ1) is 9.11. The van der Waals surface area contributed by atoms with Crippen LogP contribution in [0.15, 0.2) is 5.38 Å². The number of thiazole rings is 2. The Bertz CT molecular complexity index is 516. The van der Waals surface area contributed by atoms with Crippen LogP contribution in [0.25, 0.3) is 0 Å². The summed E-state index contributed by atoms with van der Waals surface area (Å²) in [5, 5.41) is 7.74. The topological polar surface area (TPSA) is 47.0 Å². The van der Waals surface area contributed by atoms with E-state index in [1.54, 1.807) is 29.8 Å². The van der Waals surface area contributed by atoms with Gasteiger partial charge < -0.3 is 10.1 Å². The van der Waals surface area contributed by atoms with Gasteiger partial charge in [0, 0.05) is 23.9 Å². The normalized spacial score (nSPS) is 12.8. The van der Waals surface area contributed by atoms with Gasteiger partial charge in [0.15, 0.2) is 0 Å². The summed E-state index contributed by atoms with van der Waals surface area (Å²) in [7, 11) is 1.71. The molecule has 0 aromatic carbocycles. The van der Waals surface area contributed by atoms with Crippen LogP contribution in [-0.4, -0.2) is 30.2 Å². The number of nitrogens with one attached hydrogen (secondary N) is 1. The van der Waals surface area contributed by atoms with E-state index in [2.05, 4.69) is 27.6 Å². The third-order valence-corrected chi connectivity index (χ3v) is 4.81. The van der Waals surface area contributed by atoms with Gasteiger partial charge in [-0.05, 0) is 20.8 Å². The lowest BCUT2D eigenvalue weighted by Crippen LogP contribution is -2.26. The number of hydrogen-bond acceptors (Lipinski definition) is 6. The lowest BCUT2D eigenvalue weighted by Gasteiger charge is -2.14. The number of aromatic nitrogens is 2. The van der Waals surface area contributed by atoms with Gasteiger partial charge in [0.05, 0.1) is 23.0 Å². The van der Waals surface area contributed by atoms with Crippen LogP contribution in [0.4, 0.5) is 0 Å². The van der Waals surface area contributed by atoms with E-state index < -0.39 is 0 Å². The molecule has 0 aliphatic rings. The summed E-state index contributed by atoms with van der Waals surface area (Å²) in [6, 6.07) is 0.0671. The fourth-order valence-corrected chi connectivity index (χ4v) is 3.41. The molecule has 0 spiro atoms. The summed E-state index contributed by atoms with van der Waals surface area (Å²) in [5.41, 5.74) is 2.15. The quantitative estimate of drug-likeness (QED) is 0.833. The Kier molecular flexibility index (Phi) is 5.04. The average molecular weight is 297 g/mol. The van der Waals surface area contributed by atoms with Crippen LogP contribution >= 0.6 is 22.7 Å². The lowest BCUT2D eigenvalue weighted by atomic mass is 10.2. The molecule has 2 heterocycles. The van der Waals surface area contributed by atoms with Crippen molar-refractivity contribution < 1.29 is 4.74 Å². The van der Waals surface area contributed by atoms with E-state index in [0.717, 1.165) is 27.9 Å². The number of nitrogens with zero attached hydrogens (tertiary/aromatic N) is 2. The van der Waals surface area contributed by atoms with Crippen molar-refractivity contribution in [3.05, 3.63) is 31.7 Å². The van der Waals surface area contributed by atoms with Crippen molar-refractivity contribution in [2.24, 2.45) is 0 Å². The van der Waals surface area contributed by atoms with E-state index in [1.165, 1.54) is 4.88 Å². The van der Waals surface area contributed by atoms with Crippen LogP contribution in [0, 0.1) is 20.8 Å². The van der Waals surface area contributed by atoms with Gasteiger partial charge >= 0.3 is 0 Å². The minimum Gasteiger partial charge on any atom is -0.383 e. The molecule has 2 rings (SSSR count). The molecule has 0 fully saturated rings.